The minimum atomic E-state index is 0. The van der Waals surface area contributed by atoms with Gasteiger partial charge in [-0.3, -0.25) is 4.68 Å². The summed E-state index contributed by atoms with van der Waals surface area (Å²) in [5.74, 6) is 1.37. The second-order valence-corrected chi connectivity index (χ2v) is 12.8. The van der Waals surface area contributed by atoms with Crippen LogP contribution in [0.2, 0.25) is 0 Å². The summed E-state index contributed by atoms with van der Waals surface area (Å²) in [5.41, 5.74) is 12.2. The molecule has 50 heavy (non-hydrogen) atoms. The van der Waals surface area contributed by atoms with Gasteiger partial charge in [0.25, 0.3) is 0 Å². The van der Waals surface area contributed by atoms with E-state index in [1.807, 2.05) is 54.3 Å². The zero-order chi connectivity index (χ0) is 33.7. The molecule has 3 heterocycles. The third-order valence-electron chi connectivity index (χ3n) is 9.15. The molecule has 3 aromatic carbocycles. The first-order valence-corrected chi connectivity index (χ1v) is 18.0. The van der Waals surface area contributed by atoms with Crippen LogP contribution in [0.25, 0.3) is 33.2 Å². The SMILES string of the molecule is CCOC[C@H](Cc1ccc(OCCCCCCCCCCCn2cc(-c3ccccc3)nn2)cc1)n1cnc2c(N)nc3ccccc3c21.Cl. The van der Waals surface area contributed by atoms with E-state index in [-0.39, 0.29) is 18.4 Å². The molecule has 2 N–H and O–H groups in total. The van der Waals surface area contributed by atoms with Crippen LogP contribution >= 0.6 is 12.4 Å². The van der Waals surface area contributed by atoms with E-state index >= 15 is 0 Å². The molecule has 0 fully saturated rings. The van der Waals surface area contributed by atoms with Crippen molar-refractivity contribution >= 4 is 40.2 Å². The molecule has 6 aromatic rings. The Labute approximate surface area is 301 Å². The molecule has 0 aliphatic rings. The van der Waals surface area contributed by atoms with E-state index in [2.05, 4.69) is 73.5 Å². The molecule has 0 amide bonds. The summed E-state index contributed by atoms with van der Waals surface area (Å²) in [7, 11) is 0. The van der Waals surface area contributed by atoms with Crippen LogP contribution in [0, 0.1) is 0 Å². The van der Waals surface area contributed by atoms with Gasteiger partial charge < -0.3 is 19.8 Å². The number of nitrogens with zero attached hydrogens (tertiary/aromatic N) is 6. The standard InChI is InChI=1S/C40H49N7O2.ClH/c1-2-48-29-33(47-30-42-38-39(47)35-19-13-14-20-36(35)43-40(38)41)27-31-21-23-34(24-22-31)49-26-16-9-7-5-3-4-6-8-15-25-46-28-37(44-45-46)32-17-11-10-12-18-32;/h10-14,17-24,28,30,33H,2-9,15-16,25-27,29H2,1H3,(H2,41,43);1H/t33-;/m0./s1. The van der Waals surface area contributed by atoms with Gasteiger partial charge in [0.2, 0.25) is 0 Å². The molecule has 0 unspecified atom stereocenters. The van der Waals surface area contributed by atoms with Gasteiger partial charge in [-0.25, -0.2) is 9.97 Å². The molecular formula is C40H50ClN7O2. The quantitative estimate of drug-likeness (QED) is 0.0794. The lowest BCUT2D eigenvalue weighted by molar-refractivity contribution is 0.114. The topological polar surface area (TPSA) is 106 Å². The van der Waals surface area contributed by atoms with Crippen LogP contribution in [0.5, 0.6) is 5.75 Å². The summed E-state index contributed by atoms with van der Waals surface area (Å²) >= 11 is 0. The van der Waals surface area contributed by atoms with E-state index in [1.54, 1.807) is 0 Å². The first kappa shape index (κ1) is 36.8. The Morgan fingerprint density at radius 3 is 2.26 bits per heavy atom. The zero-order valence-corrected chi connectivity index (χ0v) is 29.9. The van der Waals surface area contributed by atoms with Crippen LogP contribution in [0.15, 0.2) is 91.4 Å². The predicted octanol–water partition coefficient (Wildman–Crippen LogP) is 9.26. The zero-order valence-electron chi connectivity index (χ0n) is 29.1. The molecule has 1 atom stereocenters. The number of aryl methyl sites for hydroxylation is 1. The van der Waals surface area contributed by atoms with Crippen molar-refractivity contribution in [3.63, 3.8) is 0 Å². The number of rotatable bonds is 20. The largest absolute Gasteiger partial charge is 0.494 e. The fourth-order valence-electron chi connectivity index (χ4n) is 6.48. The lowest BCUT2D eigenvalue weighted by atomic mass is 10.1. The molecule has 0 saturated carbocycles. The number of halogens is 1. The highest BCUT2D eigenvalue weighted by molar-refractivity contribution is 6.06. The first-order valence-electron chi connectivity index (χ1n) is 18.0. The van der Waals surface area contributed by atoms with Gasteiger partial charge in [0.15, 0.2) is 5.82 Å². The number of imidazole rings is 1. The number of ether oxygens (including phenoxy) is 2. The maximum Gasteiger partial charge on any atom is 0.152 e. The monoisotopic (exact) mass is 695 g/mol. The Hall–Kier alpha value is -4.47. The number of hydrogen-bond donors (Lipinski definition) is 1. The lowest BCUT2D eigenvalue weighted by Crippen LogP contribution is -2.18. The molecular weight excluding hydrogens is 646 g/mol. The normalized spacial score (nSPS) is 11.9. The number of fused-ring (bicyclic) bond motifs is 3. The Morgan fingerprint density at radius 1 is 0.800 bits per heavy atom. The van der Waals surface area contributed by atoms with Crippen molar-refractivity contribution in [3.05, 3.63) is 97.0 Å². The van der Waals surface area contributed by atoms with Crippen LogP contribution in [0.3, 0.4) is 0 Å². The highest BCUT2D eigenvalue weighted by Gasteiger charge is 2.19. The van der Waals surface area contributed by atoms with Crippen molar-refractivity contribution in [2.45, 2.75) is 83.7 Å². The number of aromatic nitrogens is 6. The number of hydrogen-bond acceptors (Lipinski definition) is 7. The molecule has 264 valence electrons. The molecule has 3 aromatic heterocycles. The Kier molecular flexibility index (Phi) is 14.0. The van der Waals surface area contributed by atoms with Gasteiger partial charge in [-0.15, -0.1) is 17.5 Å². The summed E-state index contributed by atoms with van der Waals surface area (Å²) in [5, 5.41) is 9.65. The molecule has 0 bridgehead atoms. The van der Waals surface area contributed by atoms with Crippen molar-refractivity contribution in [2.24, 2.45) is 0 Å². The van der Waals surface area contributed by atoms with Crippen molar-refractivity contribution in [3.8, 4) is 17.0 Å². The highest BCUT2D eigenvalue weighted by Crippen LogP contribution is 2.30. The van der Waals surface area contributed by atoms with Crippen LogP contribution < -0.4 is 10.5 Å². The minimum absolute atomic E-state index is 0. The smallest absolute Gasteiger partial charge is 0.152 e. The maximum atomic E-state index is 6.30. The van der Waals surface area contributed by atoms with Gasteiger partial charge in [-0.05, 0) is 49.9 Å². The van der Waals surface area contributed by atoms with Gasteiger partial charge in [0.1, 0.15) is 17.0 Å². The molecule has 9 nitrogen and oxygen atoms in total. The number of anilines is 1. The fraction of sp³-hybridized carbons (Fsp3) is 0.400. The van der Waals surface area contributed by atoms with Crippen molar-refractivity contribution in [1.29, 1.82) is 0 Å². The van der Waals surface area contributed by atoms with Gasteiger partial charge in [0, 0.05) is 24.1 Å². The predicted molar refractivity (Wildman–Crippen MR) is 205 cm³/mol. The molecule has 10 heteroatoms. The van der Waals surface area contributed by atoms with Crippen molar-refractivity contribution in [1.82, 2.24) is 29.5 Å². The number of nitrogens with two attached hydrogens (primary N) is 1. The first-order chi connectivity index (χ1) is 24.2. The van der Waals surface area contributed by atoms with Gasteiger partial charge >= 0.3 is 0 Å². The molecule has 0 aliphatic heterocycles. The summed E-state index contributed by atoms with van der Waals surface area (Å²) in [4.78, 5) is 9.21. The van der Waals surface area contributed by atoms with Gasteiger partial charge in [-0.2, -0.15) is 0 Å². The lowest BCUT2D eigenvalue weighted by Gasteiger charge is -2.20. The maximum absolute atomic E-state index is 6.30. The van der Waals surface area contributed by atoms with Crippen LogP contribution in [-0.4, -0.2) is 49.3 Å². The molecule has 0 spiro atoms. The number of unbranched alkanes of at least 4 members (excludes halogenated alkanes) is 8. The minimum Gasteiger partial charge on any atom is -0.494 e. The van der Waals surface area contributed by atoms with Crippen molar-refractivity contribution in [2.75, 3.05) is 25.6 Å². The Bertz CT molecular complexity index is 1870. The van der Waals surface area contributed by atoms with Crippen LogP contribution in [0.4, 0.5) is 5.82 Å². The third kappa shape index (κ3) is 9.82. The summed E-state index contributed by atoms with van der Waals surface area (Å²) in [6.45, 7) is 4.95. The van der Waals surface area contributed by atoms with Crippen LogP contribution in [0.1, 0.15) is 76.3 Å². The fourth-order valence-corrected chi connectivity index (χ4v) is 6.48. The highest BCUT2D eigenvalue weighted by atomic mass is 35.5. The second-order valence-electron chi connectivity index (χ2n) is 12.8. The molecule has 0 saturated heterocycles. The van der Waals surface area contributed by atoms with E-state index < -0.39 is 0 Å². The molecule has 0 aliphatic carbocycles. The average Bonchev–Trinajstić information content (AvgIpc) is 3.80. The van der Waals surface area contributed by atoms with E-state index in [4.69, 9.17) is 15.2 Å². The third-order valence-corrected chi connectivity index (χ3v) is 9.15. The van der Waals surface area contributed by atoms with E-state index in [0.717, 1.165) is 71.4 Å². The number of benzene rings is 3. The number of nitrogen functional groups attached to an aromatic ring is 1. The van der Waals surface area contributed by atoms with Crippen molar-refractivity contribution < 1.29 is 9.47 Å². The van der Waals surface area contributed by atoms with E-state index in [1.165, 1.54) is 50.5 Å². The molecule has 6 rings (SSSR count). The van der Waals surface area contributed by atoms with Gasteiger partial charge in [0.05, 0.1) is 42.8 Å². The van der Waals surface area contributed by atoms with Crippen LogP contribution in [-0.2, 0) is 17.7 Å². The van der Waals surface area contributed by atoms with Gasteiger partial charge in [-0.1, -0.05) is 111 Å². The molecule has 0 radical (unpaired) electrons. The second kappa shape index (κ2) is 19.1. The Morgan fingerprint density at radius 2 is 1.50 bits per heavy atom. The Balaban J connectivity index is 0.00000486. The number of para-hydroxylation sites is 1. The average molecular weight is 696 g/mol. The summed E-state index contributed by atoms with van der Waals surface area (Å²) in [6.07, 6.45) is 15.9. The summed E-state index contributed by atoms with van der Waals surface area (Å²) < 4.78 is 16.2. The number of pyridine rings is 1. The summed E-state index contributed by atoms with van der Waals surface area (Å²) in [6, 6.07) is 26.9. The van der Waals surface area contributed by atoms with E-state index in [0.29, 0.717) is 19.0 Å². The van der Waals surface area contributed by atoms with E-state index in [9.17, 15) is 0 Å².